The van der Waals surface area contributed by atoms with Crippen LogP contribution in [0.4, 0.5) is 0 Å². The lowest BCUT2D eigenvalue weighted by Crippen LogP contribution is -2.53. The summed E-state index contributed by atoms with van der Waals surface area (Å²) in [6.45, 7) is 6.39. The molecule has 1 saturated heterocycles. The molecule has 30 heavy (non-hydrogen) atoms. The third-order valence-electron chi connectivity index (χ3n) is 5.44. The van der Waals surface area contributed by atoms with E-state index in [1.54, 1.807) is 29.9 Å². The molecular weight excluding hydrogens is 406 g/mol. The van der Waals surface area contributed by atoms with Crippen LogP contribution in [0.25, 0.3) is 0 Å². The molecule has 1 fully saturated rings. The monoisotopic (exact) mass is 435 g/mol. The highest BCUT2D eigenvalue weighted by Gasteiger charge is 2.27. The first-order chi connectivity index (χ1) is 14.0. The van der Waals surface area contributed by atoms with Crippen molar-refractivity contribution in [3.8, 4) is 11.5 Å². The van der Waals surface area contributed by atoms with E-state index in [-0.39, 0.29) is 35.5 Å². The summed E-state index contributed by atoms with van der Waals surface area (Å²) < 4.78 is 12.2. The van der Waals surface area contributed by atoms with Crippen molar-refractivity contribution in [2.24, 2.45) is 0 Å². The van der Waals surface area contributed by atoms with E-state index in [1.807, 2.05) is 38.1 Å². The molecule has 2 heterocycles. The Morgan fingerprint density at radius 1 is 1.20 bits per heavy atom. The van der Waals surface area contributed by atoms with E-state index in [9.17, 15) is 9.59 Å². The minimum atomic E-state index is -0.235. The molecule has 3 rings (SSSR count). The van der Waals surface area contributed by atoms with Gasteiger partial charge in [0.1, 0.15) is 5.56 Å². The standard InChI is InChI=1S/C22H29N3O4.ClH/c1-15-7-10-24(11-8-17-5-6-18(28-3)19(13-17)29-4)21(26)20(15)22(27)25-12-9-23-14-16(25)2;/h5-7,10,13,16,23H,8-9,11-12,14H2,1-4H3;1H/t16-;/m1./s1. The number of nitrogens with one attached hydrogen (secondary N) is 1. The van der Waals surface area contributed by atoms with E-state index >= 15 is 0 Å². The zero-order chi connectivity index (χ0) is 21.0. The van der Waals surface area contributed by atoms with Crippen LogP contribution in [0.2, 0.25) is 0 Å². The number of aromatic nitrogens is 1. The molecule has 1 atom stereocenters. The second-order valence-electron chi connectivity index (χ2n) is 7.36. The summed E-state index contributed by atoms with van der Waals surface area (Å²) in [5.41, 5.74) is 1.78. The Balaban J connectivity index is 0.00000320. The average molecular weight is 436 g/mol. The van der Waals surface area contributed by atoms with Crippen LogP contribution in [0.1, 0.15) is 28.4 Å². The van der Waals surface area contributed by atoms with Crippen molar-refractivity contribution in [1.29, 1.82) is 0 Å². The van der Waals surface area contributed by atoms with Gasteiger partial charge < -0.3 is 24.3 Å². The Kier molecular flexibility index (Phi) is 8.32. The fraction of sp³-hybridized carbons (Fsp3) is 0.455. The predicted molar refractivity (Wildman–Crippen MR) is 119 cm³/mol. The van der Waals surface area contributed by atoms with Gasteiger partial charge in [0.2, 0.25) is 0 Å². The number of carbonyl (C=O) groups excluding carboxylic acids is 1. The summed E-state index contributed by atoms with van der Waals surface area (Å²) in [5, 5.41) is 3.27. The number of rotatable bonds is 6. The quantitative estimate of drug-likeness (QED) is 0.753. The summed E-state index contributed by atoms with van der Waals surface area (Å²) in [4.78, 5) is 28.0. The number of carbonyl (C=O) groups is 1. The molecule has 2 aromatic rings. The fourth-order valence-electron chi connectivity index (χ4n) is 3.67. The molecule has 1 aliphatic rings. The molecule has 164 valence electrons. The Bertz CT molecular complexity index is 944. The summed E-state index contributed by atoms with van der Waals surface area (Å²) in [6.07, 6.45) is 2.40. The van der Waals surface area contributed by atoms with Gasteiger partial charge in [-0.15, -0.1) is 12.4 Å². The van der Waals surface area contributed by atoms with Crippen LogP contribution in [0.5, 0.6) is 11.5 Å². The average Bonchev–Trinajstić information content (AvgIpc) is 2.73. The number of hydrogen-bond donors (Lipinski definition) is 1. The number of aryl methyl sites for hydroxylation is 3. The van der Waals surface area contributed by atoms with Gasteiger partial charge in [0.05, 0.1) is 14.2 Å². The summed E-state index contributed by atoms with van der Waals surface area (Å²) >= 11 is 0. The minimum absolute atomic E-state index is 0. The summed E-state index contributed by atoms with van der Waals surface area (Å²) in [5.74, 6) is 1.15. The second kappa shape index (κ2) is 10.5. The van der Waals surface area contributed by atoms with E-state index in [0.717, 1.165) is 18.7 Å². The van der Waals surface area contributed by atoms with Gasteiger partial charge in [0, 0.05) is 38.4 Å². The van der Waals surface area contributed by atoms with Crippen molar-refractivity contribution in [2.75, 3.05) is 33.9 Å². The van der Waals surface area contributed by atoms with Gasteiger partial charge >= 0.3 is 0 Å². The molecule has 0 saturated carbocycles. The number of amides is 1. The van der Waals surface area contributed by atoms with Gasteiger partial charge in [0.15, 0.2) is 11.5 Å². The molecule has 1 aromatic heterocycles. The largest absolute Gasteiger partial charge is 0.493 e. The van der Waals surface area contributed by atoms with Gasteiger partial charge in [-0.3, -0.25) is 9.59 Å². The van der Waals surface area contributed by atoms with Gasteiger partial charge in [-0.25, -0.2) is 0 Å². The molecule has 0 radical (unpaired) electrons. The minimum Gasteiger partial charge on any atom is -0.493 e. The van der Waals surface area contributed by atoms with E-state index in [2.05, 4.69) is 5.32 Å². The zero-order valence-corrected chi connectivity index (χ0v) is 18.8. The number of nitrogens with zero attached hydrogens (tertiary/aromatic N) is 2. The highest BCUT2D eigenvalue weighted by atomic mass is 35.5. The molecule has 1 N–H and O–H groups in total. The molecule has 1 aliphatic heterocycles. The van der Waals surface area contributed by atoms with Crippen LogP contribution in [-0.2, 0) is 13.0 Å². The van der Waals surface area contributed by atoms with Crippen molar-refractivity contribution in [2.45, 2.75) is 32.9 Å². The maximum atomic E-state index is 13.1. The van der Waals surface area contributed by atoms with Crippen LogP contribution in [-0.4, -0.2) is 55.3 Å². The van der Waals surface area contributed by atoms with Crippen molar-refractivity contribution in [3.63, 3.8) is 0 Å². The van der Waals surface area contributed by atoms with Crippen molar-refractivity contribution in [3.05, 3.63) is 57.5 Å². The van der Waals surface area contributed by atoms with E-state index in [4.69, 9.17) is 9.47 Å². The summed E-state index contributed by atoms with van der Waals surface area (Å²) in [7, 11) is 3.20. The van der Waals surface area contributed by atoms with Gasteiger partial charge in [-0.1, -0.05) is 6.07 Å². The van der Waals surface area contributed by atoms with Crippen LogP contribution in [0.15, 0.2) is 35.3 Å². The second-order valence-corrected chi connectivity index (χ2v) is 7.36. The molecule has 1 amide bonds. The highest BCUT2D eigenvalue weighted by molar-refractivity contribution is 5.95. The normalized spacial score (nSPS) is 16.0. The first-order valence-electron chi connectivity index (χ1n) is 9.89. The molecule has 0 bridgehead atoms. The Morgan fingerprint density at radius 2 is 1.93 bits per heavy atom. The molecular formula is C22H30ClN3O4. The fourth-order valence-corrected chi connectivity index (χ4v) is 3.67. The Labute approximate surface area is 183 Å². The van der Waals surface area contributed by atoms with Gasteiger partial charge in [0.25, 0.3) is 11.5 Å². The Hall–Kier alpha value is -2.51. The van der Waals surface area contributed by atoms with Crippen LogP contribution >= 0.6 is 12.4 Å². The van der Waals surface area contributed by atoms with Crippen molar-refractivity contribution in [1.82, 2.24) is 14.8 Å². The topological polar surface area (TPSA) is 72.8 Å². The number of piperazine rings is 1. The van der Waals surface area contributed by atoms with Crippen molar-refractivity contribution >= 4 is 18.3 Å². The number of ether oxygens (including phenoxy) is 2. The smallest absolute Gasteiger partial charge is 0.263 e. The van der Waals surface area contributed by atoms with E-state index < -0.39 is 0 Å². The number of methoxy groups -OCH3 is 2. The number of pyridine rings is 1. The van der Waals surface area contributed by atoms with Gasteiger partial charge in [-0.2, -0.15) is 0 Å². The predicted octanol–water partition coefficient (Wildman–Crippen LogP) is 2.27. The molecule has 0 unspecified atom stereocenters. The highest BCUT2D eigenvalue weighted by Crippen LogP contribution is 2.27. The van der Waals surface area contributed by atoms with Crippen molar-refractivity contribution < 1.29 is 14.3 Å². The SMILES string of the molecule is COc1ccc(CCn2ccc(C)c(C(=O)N3CCNC[C@H]3C)c2=O)cc1OC.Cl. The third-order valence-corrected chi connectivity index (χ3v) is 5.44. The molecule has 1 aromatic carbocycles. The van der Waals surface area contributed by atoms with Crippen LogP contribution in [0, 0.1) is 6.92 Å². The molecule has 7 nitrogen and oxygen atoms in total. The Morgan fingerprint density at radius 3 is 2.60 bits per heavy atom. The van der Waals surface area contributed by atoms with Crippen LogP contribution in [0.3, 0.4) is 0 Å². The zero-order valence-electron chi connectivity index (χ0n) is 17.9. The molecule has 0 aliphatic carbocycles. The summed E-state index contributed by atoms with van der Waals surface area (Å²) in [6, 6.07) is 7.63. The number of hydrogen-bond acceptors (Lipinski definition) is 5. The maximum absolute atomic E-state index is 13.1. The lowest BCUT2D eigenvalue weighted by atomic mass is 10.1. The number of halogens is 1. The van der Waals surface area contributed by atoms with Gasteiger partial charge in [-0.05, 0) is 49.6 Å². The molecule has 8 heteroatoms. The first kappa shape index (κ1) is 23.8. The lowest BCUT2D eigenvalue weighted by molar-refractivity contribution is 0.0652. The van der Waals surface area contributed by atoms with Crippen LogP contribution < -0.4 is 20.3 Å². The maximum Gasteiger partial charge on any atom is 0.263 e. The molecule has 0 spiro atoms. The third kappa shape index (κ3) is 4.96. The van der Waals surface area contributed by atoms with E-state index in [1.165, 1.54) is 0 Å². The number of benzene rings is 1. The first-order valence-corrected chi connectivity index (χ1v) is 9.89. The van der Waals surface area contributed by atoms with E-state index in [0.29, 0.717) is 36.6 Å². The lowest BCUT2D eigenvalue weighted by Gasteiger charge is -2.34.